The first-order valence-corrected chi connectivity index (χ1v) is 14.9. The number of nitrogens with zero attached hydrogens (tertiary/aromatic N) is 5. The van der Waals surface area contributed by atoms with Crippen molar-refractivity contribution in [3.63, 3.8) is 0 Å². The fourth-order valence-corrected chi connectivity index (χ4v) is 5.00. The van der Waals surface area contributed by atoms with E-state index in [2.05, 4.69) is 34.4 Å². The Kier molecular flexibility index (Phi) is 9.63. The van der Waals surface area contributed by atoms with E-state index in [9.17, 15) is 27.9 Å². The number of carboxylic acid groups (broad SMARTS) is 1. The van der Waals surface area contributed by atoms with Crippen LogP contribution in [0.5, 0.6) is 5.75 Å². The summed E-state index contributed by atoms with van der Waals surface area (Å²) in [6.07, 6.45) is -0.826. The highest BCUT2D eigenvalue weighted by Gasteiger charge is 2.58. The molecule has 238 valence electrons. The lowest BCUT2D eigenvalue weighted by atomic mass is 9.84. The molecule has 2 aliphatic rings. The Bertz CT molecular complexity index is 1570. The zero-order chi connectivity index (χ0) is 32.2. The van der Waals surface area contributed by atoms with Crippen molar-refractivity contribution < 1.29 is 46.3 Å². The van der Waals surface area contributed by atoms with E-state index in [-0.39, 0.29) is 22.7 Å². The first kappa shape index (κ1) is 32.5. The van der Waals surface area contributed by atoms with Gasteiger partial charge in [0.05, 0.1) is 11.6 Å². The monoisotopic (exact) mass is 655 g/mol. The fourth-order valence-electron chi connectivity index (χ4n) is 4.11. The van der Waals surface area contributed by atoms with Gasteiger partial charge in [0.2, 0.25) is 11.5 Å². The number of nitrogens with two attached hydrogens (primary N) is 2. The van der Waals surface area contributed by atoms with Crippen molar-refractivity contribution in [2.75, 3.05) is 25.4 Å². The number of hydrogen-bond acceptors (Lipinski definition) is 15. The molecule has 2 fully saturated rings. The number of rotatable bonds is 13. The average Bonchev–Trinajstić information content (AvgIpc) is 3.63. The van der Waals surface area contributed by atoms with Crippen LogP contribution in [0.15, 0.2) is 34.4 Å². The Morgan fingerprint density at radius 2 is 2.02 bits per heavy atom. The van der Waals surface area contributed by atoms with Gasteiger partial charge in [-0.05, 0) is 51.1 Å². The molecular weight excluding hydrogens is 626 g/mol. The minimum atomic E-state index is -5.02. The van der Waals surface area contributed by atoms with Crippen LogP contribution in [0.2, 0.25) is 0 Å². The maximum atomic E-state index is 13.1. The van der Waals surface area contributed by atoms with Gasteiger partial charge in [-0.1, -0.05) is 5.16 Å². The van der Waals surface area contributed by atoms with E-state index in [0.29, 0.717) is 28.0 Å². The van der Waals surface area contributed by atoms with Crippen LogP contribution in [-0.4, -0.2) is 105 Å². The quantitative estimate of drug-likeness (QED) is 0.0460. The van der Waals surface area contributed by atoms with E-state index in [1.807, 2.05) is 0 Å². The molecule has 3 atom stereocenters. The van der Waals surface area contributed by atoms with E-state index >= 15 is 0 Å². The minimum Gasteiger partial charge on any atom is -0.489 e. The fraction of sp³-hybridized carbons (Fsp3) is 0.435. The third-order valence-corrected chi connectivity index (χ3v) is 7.32. The summed E-state index contributed by atoms with van der Waals surface area (Å²) in [4.78, 5) is 50.9. The number of anilines is 1. The molecule has 44 heavy (non-hydrogen) atoms. The van der Waals surface area contributed by atoms with E-state index in [1.54, 1.807) is 24.3 Å². The van der Waals surface area contributed by atoms with Crippen LogP contribution in [0.25, 0.3) is 0 Å². The highest BCUT2D eigenvalue weighted by atomic mass is 32.3. The van der Waals surface area contributed by atoms with Crippen molar-refractivity contribution in [1.82, 2.24) is 25.1 Å². The van der Waals surface area contributed by atoms with E-state index in [0.717, 1.165) is 19.5 Å². The summed E-state index contributed by atoms with van der Waals surface area (Å²) in [5, 5.41) is 19.1. The lowest BCUT2D eigenvalue weighted by Crippen LogP contribution is -2.76. The van der Waals surface area contributed by atoms with Crippen LogP contribution >= 0.6 is 11.5 Å². The highest BCUT2D eigenvalue weighted by Crippen LogP contribution is 2.33. The Labute approximate surface area is 254 Å². The lowest BCUT2D eigenvalue weighted by Gasteiger charge is -2.50. The number of hydroxylamine groups is 2. The molecule has 8 N–H and O–H groups in total. The Hall–Kier alpha value is -4.44. The topological polar surface area (TPSA) is 283 Å². The molecule has 2 saturated heterocycles. The van der Waals surface area contributed by atoms with Gasteiger partial charge < -0.3 is 36.8 Å². The Balaban J connectivity index is 1.44. The molecule has 4 rings (SSSR count). The van der Waals surface area contributed by atoms with Crippen molar-refractivity contribution in [3.8, 4) is 5.75 Å². The number of nitrogen functional groups attached to an aromatic ring is 1. The second-order valence-electron chi connectivity index (χ2n) is 10.0. The summed E-state index contributed by atoms with van der Waals surface area (Å²) in [5.41, 5.74) is 10.3. The number of carbonyl (C=O) groups excluding carboxylic acids is 2. The molecule has 2 aliphatic heterocycles. The van der Waals surface area contributed by atoms with Crippen LogP contribution < -0.4 is 26.8 Å². The predicted octanol–water partition coefficient (Wildman–Crippen LogP) is -1.72. The molecule has 1 unspecified atom stereocenters. The summed E-state index contributed by atoms with van der Waals surface area (Å²) in [5.74, 6) is -3.27. The predicted molar refractivity (Wildman–Crippen MR) is 153 cm³/mol. The maximum absolute atomic E-state index is 13.1. The van der Waals surface area contributed by atoms with Gasteiger partial charge in [-0.3, -0.25) is 19.1 Å². The number of aliphatic carboxylic acids is 1. The van der Waals surface area contributed by atoms with Crippen molar-refractivity contribution in [2.24, 2.45) is 15.9 Å². The number of benzene rings is 1. The number of hydrogen-bond donors (Lipinski definition) is 6. The number of nitrogens with one attached hydrogen (secondary N) is 2. The van der Waals surface area contributed by atoms with Gasteiger partial charge in [-0.15, -0.1) is 4.28 Å². The number of ether oxygens (including phenoxy) is 1. The van der Waals surface area contributed by atoms with Gasteiger partial charge in [-0.2, -0.15) is 22.8 Å². The number of amidine groups is 1. The number of β-lactam (4-membered cyclic amide) rings is 1. The second kappa shape index (κ2) is 13.1. The van der Waals surface area contributed by atoms with E-state index in [1.165, 1.54) is 13.8 Å². The first-order chi connectivity index (χ1) is 20.7. The van der Waals surface area contributed by atoms with Crippen molar-refractivity contribution >= 4 is 56.4 Å². The molecular formula is C23H29N9O10S2. The van der Waals surface area contributed by atoms with Gasteiger partial charge in [-0.25, -0.2) is 4.79 Å². The number of carbonyl (C=O) groups is 3. The molecule has 1 aromatic heterocycles. The van der Waals surface area contributed by atoms with Crippen LogP contribution in [-0.2, 0) is 33.9 Å². The van der Waals surface area contributed by atoms with Crippen LogP contribution in [0.3, 0.4) is 0 Å². The number of oxime groups is 1. The third kappa shape index (κ3) is 7.74. The third-order valence-electron chi connectivity index (χ3n) is 6.44. The van der Waals surface area contributed by atoms with Crippen LogP contribution in [0, 0.1) is 0 Å². The molecule has 19 nitrogen and oxygen atoms in total. The van der Waals surface area contributed by atoms with E-state index in [4.69, 9.17) is 25.6 Å². The van der Waals surface area contributed by atoms with Crippen molar-refractivity contribution in [3.05, 3.63) is 35.7 Å². The summed E-state index contributed by atoms with van der Waals surface area (Å²) < 4.78 is 44.7. The summed E-state index contributed by atoms with van der Waals surface area (Å²) in [6, 6.07) is 5.21. The molecule has 0 saturated carbocycles. The molecule has 0 radical (unpaired) electrons. The number of aliphatic imine (C=N–C) groups is 1. The zero-order valence-corrected chi connectivity index (χ0v) is 24.9. The van der Waals surface area contributed by atoms with Gasteiger partial charge in [0, 0.05) is 23.6 Å². The molecule has 0 bridgehead atoms. The standard InChI is InChI=1S/C23H29N9O10S2/c1-23(2)16(20(34)32(23)42-44(37,38)39)28-19(33)15(18-29-22(25)43-31-18)30-41-14(21(35)36)10-40-13-5-3-11(4-6-13)17(24)27-12-7-8-26-9-12/h3-6,12,14,16,26H,7-10H2,1-2H3,(H2,24,27)(H,28,33)(H,35,36)(H2,25,29,31)(H,37,38,39)/b30-15-/t12-,14?,16-/m1/s1. The average molecular weight is 656 g/mol. The van der Waals surface area contributed by atoms with Gasteiger partial charge in [0.1, 0.15) is 24.2 Å². The second-order valence-corrected chi connectivity index (χ2v) is 11.8. The number of carboxylic acids is 1. The lowest BCUT2D eigenvalue weighted by molar-refractivity contribution is -0.218. The Morgan fingerprint density at radius 3 is 2.57 bits per heavy atom. The number of amides is 2. The van der Waals surface area contributed by atoms with Crippen molar-refractivity contribution in [1.29, 1.82) is 0 Å². The molecule has 2 amide bonds. The zero-order valence-electron chi connectivity index (χ0n) is 23.2. The molecule has 2 aromatic rings. The van der Waals surface area contributed by atoms with Crippen LogP contribution in [0.4, 0.5) is 5.13 Å². The number of aromatic nitrogens is 2. The normalized spacial score (nSPS) is 21.0. The van der Waals surface area contributed by atoms with E-state index < -0.39 is 58.2 Å². The molecule has 0 aliphatic carbocycles. The summed E-state index contributed by atoms with van der Waals surface area (Å²) in [6.45, 7) is 3.77. The summed E-state index contributed by atoms with van der Waals surface area (Å²) >= 11 is 0.705. The molecule has 3 heterocycles. The Morgan fingerprint density at radius 1 is 1.32 bits per heavy atom. The van der Waals surface area contributed by atoms with Gasteiger partial charge in [0.15, 0.2) is 5.13 Å². The smallest absolute Gasteiger partial charge is 0.418 e. The largest absolute Gasteiger partial charge is 0.489 e. The van der Waals surface area contributed by atoms with Gasteiger partial charge in [0.25, 0.3) is 17.9 Å². The summed E-state index contributed by atoms with van der Waals surface area (Å²) in [7, 11) is -5.02. The van der Waals surface area contributed by atoms with Crippen LogP contribution in [0.1, 0.15) is 31.7 Å². The minimum absolute atomic E-state index is 0.0552. The molecule has 1 aromatic carbocycles. The maximum Gasteiger partial charge on any atom is 0.418 e. The molecule has 21 heteroatoms. The molecule has 0 spiro atoms. The SMILES string of the molecule is CC1(C)[C@H](NC(=O)/C(=N\OC(COc2ccc(C(N)=N[C@@H]3CCNC3)cc2)C(=O)O)c2nsc(N)n2)C(=O)N1OS(=O)(=O)O. The van der Waals surface area contributed by atoms with Crippen molar-refractivity contribution in [2.45, 2.75) is 44.0 Å². The van der Waals surface area contributed by atoms with Gasteiger partial charge >= 0.3 is 16.4 Å². The highest BCUT2D eigenvalue weighted by molar-refractivity contribution is 7.80. The first-order valence-electron chi connectivity index (χ1n) is 12.8.